The zero-order valence-electron chi connectivity index (χ0n) is 10.8. The molecule has 0 aliphatic heterocycles. The van der Waals surface area contributed by atoms with E-state index in [1.165, 1.54) is 0 Å². The van der Waals surface area contributed by atoms with Gasteiger partial charge in [-0.3, -0.25) is 4.98 Å². The minimum atomic E-state index is -0.196. The van der Waals surface area contributed by atoms with Crippen LogP contribution >= 0.6 is 0 Å². The van der Waals surface area contributed by atoms with Gasteiger partial charge in [0.2, 0.25) is 0 Å². The van der Waals surface area contributed by atoms with E-state index in [4.69, 9.17) is 0 Å². The third kappa shape index (κ3) is 4.42. The number of nitrogens with zero attached hydrogens (tertiary/aromatic N) is 3. The monoisotopic (exact) mass is 259 g/mol. The van der Waals surface area contributed by atoms with E-state index in [1.54, 1.807) is 18.7 Å². The third-order valence-electron chi connectivity index (χ3n) is 2.58. The van der Waals surface area contributed by atoms with Crippen LogP contribution in [0.3, 0.4) is 0 Å². The molecule has 0 aliphatic rings. The average Bonchev–Trinajstić information content (AvgIpc) is 2.90. The van der Waals surface area contributed by atoms with Gasteiger partial charge in [0.1, 0.15) is 0 Å². The largest absolute Gasteiger partial charge is 0.335 e. The van der Waals surface area contributed by atoms with Crippen molar-refractivity contribution in [2.24, 2.45) is 0 Å². The molecule has 0 saturated heterocycles. The van der Waals surface area contributed by atoms with Gasteiger partial charge >= 0.3 is 6.03 Å². The summed E-state index contributed by atoms with van der Waals surface area (Å²) in [7, 11) is 0. The van der Waals surface area contributed by atoms with E-state index in [1.807, 2.05) is 35.9 Å². The maximum Gasteiger partial charge on any atom is 0.315 e. The van der Waals surface area contributed by atoms with Crippen LogP contribution in [0.2, 0.25) is 0 Å². The Bertz CT molecular complexity index is 497. The highest BCUT2D eigenvalue weighted by Crippen LogP contribution is 1.93. The van der Waals surface area contributed by atoms with Gasteiger partial charge in [0, 0.05) is 31.2 Å². The summed E-state index contributed by atoms with van der Waals surface area (Å²) in [5.74, 6) is 0. The molecule has 2 heterocycles. The fraction of sp³-hybridized carbons (Fsp3) is 0.308. The fourth-order valence-electron chi connectivity index (χ4n) is 1.70. The van der Waals surface area contributed by atoms with Crippen LogP contribution < -0.4 is 10.6 Å². The number of carbonyl (C=O) groups is 1. The molecule has 1 atom stereocenters. The van der Waals surface area contributed by atoms with Gasteiger partial charge in [0.25, 0.3) is 0 Å². The van der Waals surface area contributed by atoms with Crippen molar-refractivity contribution in [1.29, 1.82) is 0 Å². The van der Waals surface area contributed by atoms with Gasteiger partial charge in [-0.15, -0.1) is 0 Å². The lowest BCUT2D eigenvalue weighted by molar-refractivity contribution is 0.236. The summed E-state index contributed by atoms with van der Waals surface area (Å²) in [6.45, 7) is 3.06. The van der Waals surface area contributed by atoms with Gasteiger partial charge < -0.3 is 15.2 Å². The quantitative estimate of drug-likeness (QED) is 0.846. The summed E-state index contributed by atoms with van der Waals surface area (Å²) in [5.41, 5.74) is 0.833. The number of hydrogen-bond donors (Lipinski definition) is 2. The summed E-state index contributed by atoms with van der Waals surface area (Å²) in [6.07, 6.45) is 7.01. The number of rotatable bonds is 5. The Morgan fingerprint density at radius 1 is 1.42 bits per heavy atom. The van der Waals surface area contributed by atoms with Crippen LogP contribution in [0.15, 0.2) is 43.1 Å². The predicted molar refractivity (Wildman–Crippen MR) is 71.3 cm³/mol. The number of carbonyl (C=O) groups excluding carboxylic acids is 1. The summed E-state index contributed by atoms with van der Waals surface area (Å²) in [4.78, 5) is 19.8. The molecule has 2 rings (SSSR count). The van der Waals surface area contributed by atoms with Crippen LogP contribution in [0.5, 0.6) is 0 Å². The van der Waals surface area contributed by atoms with E-state index < -0.39 is 0 Å². The van der Waals surface area contributed by atoms with Crippen LogP contribution in [0, 0.1) is 0 Å². The lowest BCUT2D eigenvalue weighted by Gasteiger charge is -2.14. The van der Waals surface area contributed by atoms with Crippen LogP contribution in [0.1, 0.15) is 12.6 Å². The first kappa shape index (κ1) is 13.1. The SMILES string of the molecule is C[C@H](Cn1ccnc1)NC(=O)NCc1ccccn1. The van der Waals surface area contributed by atoms with Gasteiger partial charge in [-0.1, -0.05) is 6.07 Å². The molecule has 6 nitrogen and oxygen atoms in total. The van der Waals surface area contributed by atoms with Crippen molar-refractivity contribution in [3.8, 4) is 0 Å². The van der Waals surface area contributed by atoms with Crippen molar-refractivity contribution < 1.29 is 4.79 Å². The molecule has 2 aromatic rings. The summed E-state index contributed by atoms with van der Waals surface area (Å²) in [5, 5.41) is 5.63. The molecule has 0 unspecified atom stereocenters. The van der Waals surface area contributed by atoms with Gasteiger partial charge in [0.05, 0.1) is 18.6 Å². The van der Waals surface area contributed by atoms with E-state index in [0.717, 1.165) is 5.69 Å². The first-order valence-corrected chi connectivity index (χ1v) is 6.14. The van der Waals surface area contributed by atoms with E-state index in [2.05, 4.69) is 20.6 Å². The molecule has 19 heavy (non-hydrogen) atoms. The van der Waals surface area contributed by atoms with E-state index in [9.17, 15) is 4.79 Å². The molecule has 2 amide bonds. The minimum Gasteiger partial charge on any atom is -0.335 e. The molecule has 0 radical (unpaired) electrons. The van der Waals surface area contributed by atoms with Crippen LogP contribution in [0.4, 0.5) is 4.79 Å². The molecule has 2 N–H and O–H groups in total. The van der Waals surface area contributed by atoms with Crippen LogP contribution in [-0.4, -0.2) is 26.6 Å². The molecule has 2 aromatic heterocycles. The number of hydrogen-bond acceptors (Lipinski definition) is 3. The number of urea groups is 1. The first-order chi connectivity index (χ1) is 9.24. The van der Waals surface area contributed by atoms with Crippen molar-refractivity contribution in [2.75, 3.05) is 0 Å². The highest BCUT2D eigenvalue weighted by Gasteiger charge is 2.07. The van der Waals surface area contributed by atoms with E-state index in [-0.39, 0.29) is 12.1 Å². The number of nitrogens with one attached hydrogen (secondary N) is 2. The maximum atomic E-state index is 11.7. The van der Waals surface area contributed by atoms with Gasteiger partial charge in [-0.25, -0.2) is 9.78 Å². The van der Waals surface area contributed by atoms with Crippen LogP contribution in [0.25, 0.3) is 0 Å². The molecular weight excluding hydrogens is 242 g/mol. The van der Waals surface area contributed by atoms with E-state index >= 15 is 0 Å². The smallest absolute Gasteiger partial charge is 0.315 e. The molecule has 0 spiro atoms. The molecule has 0 aliphatic carbocycles. The molecule has 0 fully saturated rings. The van der Waals surface area contributed by atoms with Gasteiger partial charge in [-0.2, -0.15) is 0 Å². The Labute approximate surface area is 111 Å². The topological polar surface area (TPSA) is 71.8 Å². The Morgan fingerprint density at radius 2 is 2.32 bits per heavy atom. The Morgan fingerprint density at radius 3 is 3.00 bits per heavy atom. The highest BCUT2D eigenvalue weighted by atomic mass is 16.2. The van der Waals surface area contributed by atoms with Gasteiger partial charge in [-0.05, 0) is 19.1 Å². The zero-order chi connectivity index (χ0) is 13.5. The highest BCUT2D eigenvalue weighted by molar-refractivity contribution is 5.74. The predicted octanol–water partition coefficient (Wildman–Crippen LogP) is 1.17. The zero-order valence-corrected chi connectivity index (χ0v) is 10.8. The second-order valence-electron chi connectivity index (χ2n) is 4.31. The van der Waals surface area contributed by atoms with Crippen molar-refractivity contribution in [3.05, 3.63) is 48.8 Å². The normalized spacial score (nSPS) is 11.8. The minimum absolute atomic E-state index is 0.0259. The Kier molecular flexibility index (Phi) is 4.49. The number of aromatic nitrogens is 3. The first-order valence-electron chi connectivity index (χ1n) is 6.14. The molecule has 6 heteroatoms. The van der Waals surface area contributed by atoms with Crippen molar-refractivity contribution in [2.45, 2.75) is 26.1 Å². The Balaban J connectivity index is 1.72. The lowest BCUT2D eigenvalue weighted by atomic mass is 10.3. The van der Waals surface area contributed by atoms with Crippen molar-refractivity contribution in [3.63, 3.8) is 0 Å². The summed E-state index contributed by atoms with van der Waals surface area (Å²) in [6, 6.07) is 5.44. The molecule has 0 saturated carbocycles. The van der Waals surface area contributed by atoms with E-state index in [0.29, 0.717) is 13.1 Å². The number of amides is 2. The molecule has 0 bridgehead atoms. The Hall–Kier alpha value is -2.37. The fourth-order valence-corrected chi connectivity index (χ4v) is 1.70. The number of pyridine rings is 1. The third-order valence-corrected chi connectivity index (χ3v) is 2.58. The standard InChI is InChI=1S/C13H17N5O/c1-11(9-18-7-6-14-10-18)17-13(19)16-8-12-4-2-3-5-15-12/h2-7,10-11H,8-9H2,1H3,(H2,16,17,19)/t11-/m1/s1. The molecule has 100 valence electrons. The van der Waals surface area contributed by atoms with Gasteiger partial charge in [0.15, 0.2) is 0 Å². The van der Waals surface area contributed by atoms with Crippen molar-refractivity contribution in [1.82, 2.24) is 25.2 Å². The molecule has 0 aromatic carbocycles. The van der Waals surface area contributed by atoms with Crippen LogP contribution in [-0.2, 0) is 13.1 Å². The summed E-state index contributed by atoms with van der Waals surface area (Å²) >= 11 is 0. The van der Waals surface area contributed by atoms with Crippen molar-refractivity contribution >= 4 is 6.03 Å². The summed E-state index contributed by atoms with van der Waals surface area (Å²) < 4.78 is 1.92. The second-order valence-corrected chi connectivity index (χ2v) is 4.31. The second kappa shape index (κ2) is 6.53. The maximum absolute atomic E-state index is 11.7. The average molecular weight is 259 g/mol. The lowest BCUT2D eigenvalue weighted by Crippen LogP contribution is -2.42. The molecular formula is C13H17N5O. The number of imidazole rings is 1.